The van der Waals surface area contributed by atoms with Crippen LogP contribution in [0.3, 0.4) is 0 Å². The second-order valence-corrected chi connectivity index (χ2v) is 3.32. The second kappa shape index (κ2) is 5.07. The third kappa shape index (κ3) is 3.63. The van der Waals surface area contributed by atoms with Crippen LogP contribution in [-0.4, -0.2) is 19.1 Å². The molecule has 0 radical (unpaired) electrons. The third-order valence-electron chi connectivity index (χ3n) is 1.72. The van der Waals surface area contributed by atoms with Crippen molar-refractivity contribution in [2.24, 2.45) is 11.5 Å². The van der Waals surface area contributed by atoms with Crippen LogP contribution >= 0.6 is 11.6 Å². The minimum absolute atomic E-state index is 0.00400. The molecule has 0 saturated heterocycles. The summed E-state index contributed by atoms with van der Waals surface area (Å²) < 4.78 is 0. The van der Waals surface area contributed by atoms with Crippen LogP contribution in [0, 0.1) is 0 Å². The van der Waals surface area contributed by atoms with Crippen molar-refractivity contribution in [3.8, 4) is 0 Å². The summed E-state index contributed by atoms with van der Waals surface area (Å²) in [5.74, 6) is 0. The minimum Gasteiger partial charge on any atom is -0.383 e. The Morgan fingerprint density at radius 2 is 1.92 bits per heavy atom. The Hall–Kier alpha value is -0.770. The van der Waals surface area contributed by atoms with Gasteiger partial charge in [-0.3, -0.25) is 0 Å². The van der Waals surface area contributed by atoms with Gasteiger partial charge in [-0.25, -0.2) is 0 Å². The van der Waals surface area contributed by atoms with Gasteiger partial charge in [0.1, 0.15) is 0 Å². The highest BCUT2D eigenvalue weighted by molar-refractivity contribution is 6.30. The molecule has 0 heterocycles. The molecule has 0 bridgehead atoms. The Balaban J connectivity index is 2.41. The van der Waals surface area contributed by atoms with E-state index >= 15 is 0 Å². The minimum atomic E-state index is -0.00400. The van der Waals surface area contributed by atoms with Crippen LogP contribution in [0.15, 0.2) is 24.3 Å². The summed E-state index contributed by atoms with van der Waals surface area (Å²) in [5.41, 5.74) is 12.0. The molecule has 0 amide bonds. The van der Waals surface area contributed by atoms with Crippen molar-refractivity contribution in [1.29, 1.82) is 0 Å². The SMILES string of the molecule is NCC(N)CNc1ccc(Cl)cc1. The van der Waals surface area contributed by atoms with Crippen LogP contribution in [0.5, 0.6) is 0 Å². The number of nitrogens with one attached hydrogen (secondary N) is 1. The Bertz CT molecular complexity index is 248. The average molecular weight is 200 g/mol. The summed E-state index contributed by atoms with van der Waals surface area (Å²) in [6.07, 6.45) is 0. The molecular formula is C9H14ClN3. The molecule has 5 N–H and O–H groups in total. The summed E-state index contributed by atoms with van der Waals surface area (Å²) in [7, 11) is 0. The fraction of sp³-hybridized carbons (Fsp3) is 0.333. The number of benzene rings is 1. The van der Waals surface area contributed by atoms with Crippen LogP contribution < -0.4 is 16.8 Å². The topological polar surface area (TPSA) is 64.1 Å². The van der Waals surface area contributed by atoms with Crippen molar-refractivity contribution in [2.75, 3.05) is 18.4 Å². The zero-order valence-electron chi connectivity index (χ0n) is 7.33. The predicted octanol–water partition coefficient (Wildman–Crippen LogP) is 1.04. The van der Waals surface area contributed by atoms with E-state index in [-0.39, 0.29) is 6.04 Å². The van der Waals surface area contributed by atoms with E-state index < -0.39 is 0 Å². The van der Waals surface area contributed by atoms with Crippen LogP contribution in [0.2, 0.25) is 5.02 Å². The van der Waals surface area contributed by atoms with Gasteiger partial charge in [-0.1, -0.05) is 11.6 Å². The molecule has 13 heavy (non-hydrogen) atoms. The molecule has 1 unspecified atom stereocenters. The van der Waals surface area contributed by atoms with Gasteiger partial charge in [0.2, 0.25) is 0 Å². The van der Waals surface area contributed by atoms with Gasteiger partial charge < -0.3 is 16.8 Å². The monoisotopic (exact) mass is 199 g/mol. The van der Waals surface area contributed by atoms with E-state index in [2.05, 4.69) is 5.32 Å². The summed E-state index contributed by atoms with van der Waals surface area (Å²) in [5, 5.41) is 3.89. The molecule has 0 aliphatic carbocycles. The molecule has 4 heteroatoms. The van der Waals surface area contributed by atoms with Gasteiger partial charge in [0.15, 0.2) is 0 Å². The Morgan fingerprint density at radius 3 is 2.46 bits per heavy atom. The molecule has 0 spiro atoms. The van der Waals surface area contributed by atoms with Gasteiger partial charge in [-0.2, -0.15) is 0 Å². The summed E-state index contributed by atoms with van der Waals surface area (Å²) in [4.78, 5) is 0. The molecule has 1 atom stereocenters. The highest BCUT2D eigenvalue weighted by atomic mass is 35.5. The maximum absolute atomic E-state index is 5.73. The molecule has 0 aliphatic heterocycles. The molecule has 3 nitrogen and oxygen atoms in total. The maximum atomic E-state index is 5.73. The van der Waals surface area contributed by atoms with Crippen molar-refractivity contribution in [1.82, 2.24) is 0 Å². The van der Waals surface area contributed by atoms with Gasteiger partial charge in [-0.05, 0) is 24.3 Å². The maximum Gasteiger partial charge on any atom is 0.0407 e. The fourth-order valence-electron chi connectivity index (χ4n) is 0.900. The quantitative estimate of drug-likeness (QED) is 0.679. The van der Waals surface area contributed by atoms with Crippen molar-refractivity contribution in [3.05, 3.63) is 29.3 Å². The van der Waals surface area contributed by atoms with Crippen LogP contribution in [0.25, 0.3) is 0 Å². The van der Waals surface area contributed by atoms with Crippen LogP contribution in [-0.2, 0) is 0 Å². The molecule has 0 aliphatic rings. The lowest BCUT2D eigenvalue weighted by Gasteiger charge is -2.10. The average Bonchev–Trinajstić information content (AvgIpc) is 2.16. The number of halogens is 1. The molecule has 1 aromatic rings. The molecule has 1 aromatic carbocycles. The summed E-state index contributed by atoms with van der Waals surface area (Å²) in [6, 6.07) is 7.48. The summed E-state index contributed by atoms with van der Waals surface area (Å²) >= 11 is 5.73. The fourth-order valence-corrected chi connectivity index (χ4v) is 1.03. The molecular weight excluding hydrogens is 186 g/mol. The van der Waals surface area contributed by atoms with E-state index in [4.69, 9.17) is 23.1 Å². The first-order chi connectivity index (χ1) is 6.22. The van der Waals surface area contributed by atoms with Crippen molar-refractivity contribution in [3.63, 3.8) is 0 Å². The van der Waals surface area contributed by atoms with E-state index in [1.807, 2.05) is 24.3 Å². The van der Waals surface area contributed by atoms with Gasteiger partial charge in [0, 0.05) is 29.8 Å². The third-order valence-corrected chi connectivity index (χ3v) is 1.97. The largest absolute Gasteiger partial charge is 0.383 e. The highest BCUT2D eigenvalue weighted by Crippen LogP contribution is 2.12. The lowest BCUT2D eigenvalue weighted by molar-refractivity contribution is 0.713. The van der Waals surface area contributed by atoms with Crippen LogP contribution in [0.4, 0.5) is 5.69 Å². The lowest BCUT2D eigenvalue weighted by atomic mass is 10.3. The Kier molecular flexibility index (Phi) is 4.02. The number of rotatable bonds is 4. The van der Waals surface area contributed by atoms with Gasteiger partial charge in [-0.15, -0.1) is 0 Å². The molecule has 0 fully saturated rings. The molecule has 0 saturated carbocycles. The number of nitrogens with two attached hydrogens (primary N) is 2. The van der Waals surface area contributed by atoms with E-state index in [1.54, 1.807) is 0 Å². The zero-order chi connectivity index (χ0) is 9.68. The number of anilines is 1. The van der Waals surface area contributed by atoms with E-state index in [1.165, 1.54) is 0 Å². The lowest BCUT2D eigenvalue weighted by Crippen LogP contribution is -2.36. The molecule has 0 aromatic heterocycles. The standard InChI is InChI=1S/C9H14ClN3/c10-7-1-3-9(4-2-7)13-6-8(12)5-11/h1-4,8,13H,5-6,11-12H2. The number of hydrogen-bond donors (Lipinski definition) is 3. The van der Waals surface area contributed by atoms with Gasteiger partial charge >= 0.3 is 0 Å². The van der Waals surface area contributed by atoms with Gasteiger partial charge in [0.05, 0.1) is 0 Å². The normalized spacial score (nSPS) is 12.5. The van der Waals surface area contributed by atoms with Crippen LogP contribution in [0.1, 0.15) is 0 Å². The zero-order valence-corrected chi connectivity index (χ0v) is 8.09. The van der Waals surface area contributed by atoms with Crippen molar-refractivity contribution >= 4 is 17.3 Å². The first kappa shape index (κ1) is 10.3. The first-order valence-electron chi connectivity index (χ1n) is 4.17. The Labute approximate surface area is 83.1 Å². The second-order valence-electron chi connectivity index (χ2n) is 2.88. The predicted molar refractivity (Wildman–Crippen MR) is 57.0 cm³/mol. The smallest absolute Gasteiger partial charge is 0.0407 e. The van der Waals surface area contributed by atoms with Gasteiger partial charge in [0.25, 0.3) is 0 Å². The van der Waals surface area contributed by atoms with Crippen molar-refractivity contribution in [2.45, 2.75) is 6.04 Å². The summed E-state index contributed by atoms with van der Waals surface area (Å²) in [6.45, 7) is 1.17. The number of hydrogen-bond acceptors (Lipinski definition) is 3. The highest BCUT2D eigenvalue weighted by Gasteiger charge is 1.98. The van der Waals surface area contributed by atoms with E-state index in [0.29, 0.717) is 13.1 Å². The molecule has 72 valence electrons. The first-order valence-corrected chi connectivity index (χ1v) is 4.55. The van der Waals surface area contributed by atoms with E-state index in [9.17, 15) is 0 Å². The van der Waals surface area contributed by atoms with Crippen molar-refractivity contribution < 1.29 is 0 Å². The van der Waals surface area contributed by atoms with E-state index in [0.717, 1.165) is 10.7 Å². The Morgan fingerprint density at radius 1 is 1.31 bits per heavy atom. The molecule has 1 rings (SSSR count).